The topological polar surface area (TPSA) is 68.2 Å². The Balaban J connectivity index is 2.09. The molecular formula is C14H13F3N2O3S. The highest BCUT2D eigenvalue weighted by Gasteiger charge is 2.31. The number of nitrogens with one attached hydrogen (secondary N) is 1. The zero-order valence-corrected chi connectivity index (χ0v) is 12.6. The van der Waals surface area contributed by atoms with Gasteiger partial charge in [-0.05, 0) is 18.2 Å². The summed E-state index contributed by atoms with van der Waals surface area (Å²) in [6, 6.07) is 9.01. The van der Waals surface area contributed by atoms with Crippen molar-refractivity contribution < 1.29 is 21.6 Å². The fourth-order valence-electron chi connectivity index (χ4n) is 1.86. The van der Waals surface area contributed by atoms with Crippen molar-refractivity contribution in [2.24, 2.45) is 0 Å². The molecule has 2 rings (SSSR count). The maximum Gasteiger partial charge on any atom is 0.417 e. The fourth-order valence-corrected chi connectivity index (χ4v) is 2.90. The van der Waals surface area contributed by atoms with Crippen molar-refractivity contribution in [3.8, 4) is 0 Å². The molecule has 124 valence electrons. The van der Waals surface area contributed by atoms with Gasteiger partial charge >= 0.3 is 6.18 Å². The highest BCUT2D eigenvalue weighted by atomic mass is 32.2. The SMILES string of the molecule is O=c1ccc(C(F)(F)F)cn1CCNS(=O)(=O)c1ccccc1. The summed E-state index contributed by atoms with van der Waals surface area (Å²) < 4.78 is 64.8. The maximum atomic E-state index is 12.6. The van der Waals surface area contributed by atoms with Crippen molar-refractivity contribution in [2.75, 3.05) is 6.54 Å². The molecule has 0 amide bonds. The van der Waals surface area contributed by atoms with Crippen LogP contribution in [0, 0.1) is 0 Å². The Kier molecular flexibility index (Phi) is 4.90. The Hall–Kier alpha value is -2.13. The van der Waals surface area contributed by atoms with Crippen LogP contribution in [0.15, 0.2) is 58.4 Å². The second kappa shape index (κ2) is 6.55. The van der Waals surface area contributed by atoms with Gasteiger partial charge < -0.3 is 4.57 Å². The summed E-state index contributed by atoms with van der Waals surface area (Å²) >= 11 is 0. The number of sulfonamides is 1. The summed E-state index contributed by atoms with van der Waals surface area (Å²) in [5, 5.41) is 0. The van der Waals surface area contributed by atoms with E-state index < -0.39 is 27.3 Å². The molecule has 23 heavy (non-hydrogen) atoms. The molecule has 0 aliphatic rings. The van der Waals surface area contributed by atoms with E-state index in [9.17, 15) is 26.4 Å². The van der Waals surface area contributed by atoms with Crippen molar-refractivity contribution in [2.45, 2.75) is 17.6 Å². The summed E-state index contributed by atoms with van der Waals surface area (Å²) in [4.78, 5) is 11.6. The van der Waals surface area contributed by atoms with E-state index in [0.29, 0.717) is 12.3 Å². The molecule has 1 heterocycles. The lowest BCUT2D eigenvalue weighted by atomic mass is 10.3. The van der Waals surface area contributed by atoms with Crippen LogP contribution in [-0.4, -0.2) is 19.5 Å². The minimum absolute atomic E-state index is 0.0383. The number of aromatic nitrogens is 1. The molecule has 0 spiro atoms. The molecule has 2 aromatic rings. The highest BCUT2D eigenvalue weighted by molar-refractivity contribution is 7.89. The molecule has 0 atom stereocenters. The molecule has 0 saturated heterocycles. The molecule has 0 radical (unpaired) electrons. The lowest BCUT2D eigenvalue weighted by molar-refractivity contribution is -0.138. The van der Waals surface area contributed by atoms with Gasteiger partial charge in [0.05, 0.1) is 10.5 Å². The van der Waals surface area contributed by atoms with Crippen molar-refractivity contribution in [1.29, 1.82) is 0 Å². The van der Waals surface area contributed by atoms with Crippen LogP contribution in [0.25, 0.3) is 0 Å². The minimum atomic E-state index is -4.57. The van der Waals surface area contributed by atoms with E-state index in [-0.39, 0.29) is 18.0 Å². The number of nitrogens with zero attached hydrogens (tertiary/aromatic N) is 1. The third-order valence-corrected chi connectivity index (χ3v) is 4.49. The summed E-state index contributed by atoms with van der Waals surface area (Å²) in [6.45, 7) is -0.423. The van der Waals surface area contributed by atoms with Crippen LogP contribution in [0.1, 0.15) is 5.56 Å². The molecule has 5 nitrogen and oxygen atoms in total. The monoisotopic (exact) mass is 346 g/mol. The molecule has 9 heteroatoms. The van der Waals surface area contributed by atoms with Crippen LogP contribution in [0.5, 0.6) is 0 Å². The molecule has 0 saturated carbocycles. The number of hydrogen-bond acceptors (Lipinski definition) is 3. The van der Waals surface area contributed by atoms with Gasteiger partial charge in [-0.3, -0.25) is 4.79 Å². The highest BCUT2D eigenvalue weighted by Crippen LogP contribution is 2.27. The molecular weight excluding hydrogens is 333 g/mol. The lowest BCUT2D eigenvalue weighted by Crippen LogP contribution is -2.31. The third-order valence-electron chi connectivity index (χ3n) is 3.01. The van der Waals surface area contributed by atoms with Crippen LogP contribution in [0.4, 0.5) is 13.2 Å². The van der Waals surface area contributed by atoms with Gasteiger partial charge in [-0.2, -0.15) is 13.2 Å². The van der Waals surface area contributed by atoms with Crippen LogP contribution in [0.3, 0.4) is 0 Å². The first-order valence-corrected chi connectivity index (χ1v) is 8.01. The molecule has 0 aliphatic carbocycles. The summed E-state index contributed by atoms with van der Waals surface area (Å²) in [5.74, 6) is 0. The first-order valence-electron chi connectivity index (χ1n) is 6.52. The molecule has 1 N–H and O–H groups in total. The number of pyridine rings is 1. The number of benzene rings is 1. The smallest absolute Gasteiger partial charge is 0.314 e. The predicted octanol–water partition coefficient (Wildman–Crippen LogP) is 1.85. The first-order chi connectivity index (χ1) is 10.7. The zero-order valence-electron chi connectivity index (χ0n) is 11.7. The predicted molar refractivity (Wildman–Crippen MR) is 77.3 cm³/mol. The van der Waals surface area contributed by atoms with E-state index in [1.165, 1.54) is 12.1 Å². The normalized spacial score (nSPS) is 12.3. The summed E-state index contributed by atoms with van der Waals surface area (Å²) in [7, 11) is -3.77. The Labute approximate surface area is 130 Å². The number of hydrogen-bond donors (Lipinski definition) is 1. The molecule has 0 bridgehead atoms. The van der Waals surface area contributed by atoms with E-state index in [2.05, 4.69) is 4.72 Å². The second-order valence-corrected chi connectivity index (χ2v) is 6.42. The Morgan fingerprint density at radius 3 is 2.30 bits per heavy atom. The summed E-state index contributed by atoms with van der Waals surface area (Å²) in [6.07, 6.45) is -3.90. The average molecular weight is 346 g/mol. The van der Waals surface area contributed by atoms with E-state index in [1.807, 2.05) is 0 Å². The van der Waals surface area contributed by atoms with Crippen LogP contribution in [-0.2, 0) is 22.7 Å². The quantitative estimate of drug-likeness (QED) is 0.898. The van der Waals surface area contributed by atoms with Gasteiger partial charge in [-0.15, -0.1) is 0 Å². The Morgan fingerprint density at radius 2 is 1.70 bits per heavy atom. The van der Waals surface area contributed by atoms with Crippen molar-refractivity contribution in [1.82, 2.24) is 9.29 Å². The molecule has 0 fully saturated rings. The molecule has 0 aliphatic heterocycles. The summed E-state index contributed by atoms with van der Waals surface area (Å²) in [5.41, 5.74) is -1.61. The van der Waals surface area contributed by atoms with Gasteiger partial charge in [0.25, 0.3) is 5.56 Å². The Bertz CT molecular complexity index is 830. The maximum absolute atomic E-state index is 12.6. The molecule has 1 aromatic carbocycles. The van der Waals surface area contributed by atoms with Gasteiger partial charge in [0.2, 0.25) is 10.0 Å². The van der Waals surface area contributed by atoms with E-state index >= 15 is 0 Å². The van der Waals surface area contributed by atoms with Gasteiger partial charge in [0.15, 0.2) is 0 Å². The minimum Gasteiger partial charge on any atom is -0.314 e. The van der Waals surface area contributed by atoms with Crippen LogP contribution < -0.4 is 10.3 Å². The lowest BCUT2D eigenvalue weighted by Gasteiger charge is -2.11. The fraction of sp³-hybridized carbons (Fsp3) is 0.214. The number of rotatable bonds is 5. The van der Waals surface area contributed by atoms with Crippen LogP contribution in [0.2, 0.25) is 0 Å². The van der Waals surface area contributed by atoms with Crippen molar-refractivity contribution in [3.63, 3.8) is 0 Å². The van der Waals surface area contributed by atoms with Crippen molar-refractivity contribution in [3.05, 3.63) is 64.6 Å². The molecule has 1 aromatic heterocycles. The van der Waals surface area contributed by atoms with Gasteiger partial charge in [0, 0.05) is 25.4 Å². The zero-order chi connectivity index (χ0) is 17.1. The van der Waals surface area contributed by atoms with Gasteiger partial charge in [-0.1, -0.05) is 18.2 Å². The van der Waals surface area contributed by atoms with E-state index in [0.717, 1.165) is 10.6 Å². The van der Waals surface area contributed by atoms with Crippen molar-refractivity contribution >= 4 is 10.0 Å². The average Bonchev–Trinajstić information content (AvgIpc) is 2.49. The van der Waals surface area contributed by atoms with E-state index in [4.69, 9.17) is 0 Å². The first kappa shape index (κ1) is 17.2. The number of halogens is 3. The largest absolute Gasteiger partial charge is 0.417 e. The second-order valence-electron chi connectivity index (χ2n) is 4.66. The van der Waals surface area contributed by atoms with E-state index in [1.54, 1.807) is 18.2 Å². The number of alkyl halides is 3. The Morgan fingerprint density at radius 1 is 1.04 bits per heavy atom. The van der Waals surface area contributed by atoms with Gasteiger partial charge in [-0.25, -0.2) is 13.1 Å². The molecule has 0 unspecified atom stereocenters. The standard InChI is InChI=1S/C14H13F3N2O3S/c15-14(16,17)11-6-7-13(20)19(10-11)9-8-18-23(21,22)12-4-2-1-3-5-12/h1-7,10,18H,8-9H2. The third kappa shape index (κ3) is 4.42. The van der Waals surface area contributed by atoms with Crippen LogP contribution >= 0.6 is 0 Å². The van der Waals surface area contributed by atoms with Gasteiger partial charge in [0.1, 0.15) is 0 Å².